The van der Waals surface area contributed by atoms with Crippen LogP contribution in [0.25, 0.3) is 22.0 Å². The maximum absolute atomic E-state index is 13.9. The average molecular weight is 462 g/mol. The molecule has 2 aromatic heterocycles. The first-order valence-electron chi connectivity index (χ1n) is 11.0. The zero-order valence-electron chi connectivity index (χ0n) is 19.3. The minimum absolute atomic E-state index is 0.00868. The fourth-order valence-corrected chi connectivity index (χ4v) is 3.98. The third kappa shape index (κ3) is 5.78. The highest BCUT2D eigenvalue weighted by Gasteiger charge is 2.26. The van der Waals surface area contributed by atoms with E-state index in [0.717, 1.165) is 28.1 Å². The van der Waals surface area contributed by atoms with E-state index in [1.807, 2.05) is 30.3 Å². The molecule has 0 bridgehead atoms. The lowest BCUT2D eigenvalue weighted by Crippen LogP contribution is -2.25. The van der Waals surface area contributed by atoms with Crippen LogP contribution < -0.4 is 0 Å². The van der Waals surface area contributed by atoms with Crippen LogP contribution in [0.15, 0.2) is 67.3 Å². The van der Waals surface area contributed by atoms with Gasteiger partial charge in [0.05, 0.1) is 17.6 Å². The average Bonchev–Trinajstić information content (AvgIpc) is 2.76. The molecule has 5 nitrogen and oxygen atoms in total. The predicted molar refractivity (Wildman–Crippen MR) is 126 cm³/mol. The van der Waals surface area contributed by atoms with Gasteiger partial charge >= 0.3 is 5.97 Å². The largest absolute Gasteiger partial charge is 0.460 e. The van der Waals surface area contributed by atoms with Crippen LogP contribution in [0, 0.1) is 11.6 Å². The molecule has 2 aromatic carbocycles. The number of rotatable bonds is 6. The highest BCUT2D eigenvalue weighted by Crippen LogP contribution is 2.33. The number of ether oxygens (including phenoxy) is 1. The fraction of sp³-hybridized carbons (Fsp3) is 0.259. The minimum atomic E-state index is -0.672. The first kappa shape index (κ1) is 23.4. The summed E-state index contributed by atoms with van der Waals surface area (Å²) in [7, 11) is 0. The van der Waals surface area contributed by atoms with Crippen molar-refractivity contribution in [1.82, 2.24) is 15.0 Å². The third-order valence-corrected chi connectivity index (χ3v) is 5.28. The lowest BCUT2D eigenvalue weighted by atomic mass is 9.88. The molecule has 2 heterocycles. The molecule has 0 unspecified atom stereocenters. The Bertz CT molecular complexity index is 1310. The van der Waals surface area contributed by atoms with Crippen molar-refractivity contribution >= 4 is 16.9 Å². The second-order valence-corrected chi connectivity index (χ2v) is 9.20. The standard InChI is InChI=1S/C27H25F2N3O2/c1-27(2,3)34-25(33)13-20(9-17-10-21(28)14-22(29)11-17)26-23(15-30-16-32-26)19-7-6-18-5-4-8-31-24(18)12-19/h4-8,10-12,14-16,20H,9,13H2,1-3H3/t20-/m1/s1. The summed E-state index contributed by atoms with van der Waals surface area (Å²) in [6, 6.07) is 13.0. The summed E-state index contributed by atoms with van der Waals surface area (Å²) in [4.78, 5) is 25.9. The van der Waals surface area contributed by atoms with Gasteiger partial charge in [0.2, 0.25) is 0 Å². The first-order chi connectivity index (χ1) is 16.2. The maximum Gasteiger partial charge on any atom is 0.306 e. The number of nitrogens with zero attached hydrogens (tertiary/aromatic N) is 3. The molecule has 0 aliphatic rings. The molecule has 34 heavy (non-hydrogen) atoms. The van der Waals surface area contributed by atoms with Crippen molar-refractivity contribution in [3.05, 3.63) is 90.1 Å². The van der Waals surface area contributed by atoms with Crippen molar-refractivity contribution in [1.29, 1.82) is 0 Å². The van der Waals surface area contributed by atoms with Gasteiger partial charge in [-0.05, 0) is 62.6 Å². The van der Waals surface area contributed by atoms with Crippen LogP contribution in [0.3, 0.4) is 0 Å². The Morgan fingerprint density at radius 2 is 1.79 bits per heavy atom. The molecule has 4 rings (SSSR count). The van der Waals surface area contributed by atoms with Crippen molar-refractivity contribution in [3.63, 3.8) is 0 Å². The van der Waals surface area contributed by atoms with E-state index in [4.69, 9.17) is 4.74 Å². The van der Waals surface area contributed by atoms with Crippen LogP contribution in [0.5, 0.6) is 0 Å². The Kier molecular flexibility index (Phi) is 6.63. The molecular formula is C27H25F2N3O2. The fourth-order valence-electron chi connectivity index (χ4n) is 3.98. The topological polar surface area (TPSA) is 65.0 Å². The highest BCUT2D eigenvalue weighted by atomic mass is 19.1. The molecular weight excluding hydrogens is 436 g/mol. The molecule has 1 atom stereocenters. The van der Waals surface area contributed by atoms with Gasteiger partial charge in [0, 0.05) is 35.3 Å². The summed E-state index contributed by atoms with van der Waals surface area (Å²) in [6.45, 7) is 5.38. The van der Waals surface area contributed by atoms with Gasteiger partial charge in [0.15, 0.2) is 0 Å². The van der Waals surface area contributed by atoms with E-state index in [-0.39, 0.29) is 12.8 Å². The van der Waals surface area contributed by atoms with E-state index < -0.39 is 29.1 Å². The Hall–Kier alpha value is -3.74. The molecule has 0 N–H and O–H groups in total. The lowest BCUT2D eigenvalue weighted by Gasteiger charge is -2.23. The van der Waals surface area contributed by atoms with Crippen LogP contribution in [-0.2, 0) is 16.0 Å². The van der Waals surface area contributed by atoms with E-state index in [9.17, 15) is 13.6 Å². The van der Waals surface area contributed by atoms with E-state index in [2.05, 4.69) is 15.0 Å². The molecule has 0 aliphatic heterocycles. The van der Waals surface area contributed by atoms with Crippen LogP contribution in [-0.4, -0.2) is 26.5 Å². The third-order valence-electron chi connectivity index (χ3n) is 5.28. The Morgan fingerprint density at radius 1 is 1.03 bits per heavy atom. The summed E-state index contributed by atoms with van der Waals surface area (Å²) in [5.41, 5.74) is 2.73. The molecule has 0 spiro atoms. The molecule has 0 fully saturated rings. The SMILES string of the molecule is CC(C)(C)OC(=O)C[C@@H](Cc1cc(F)cc(F)c1)c1ncncc1-c1ccc2cccnc2c1. The number of esters is 1. The molecule has 4 aromatic rings. The van der Waals surface area contributed by atoms with Gasteiger partial charge in [-0.25, -0.2) is 18.7 Å². The monoisotopic (exact) mass is 461 g/mol. The Morgan fingerprint density at radius 3 is 2.53 bits per heavy atom. The van der Waals surface area contributed by atoms with Crippen molar-refractivity contribution in [2.45, 2.75) is 45.1 Å². The molecule has 0 amide bonds. The van der Waals surface area contributed by atoms with Crippen LogP contribution >= 0.6 is 0 Å². The van der Waals surface area contributed by atoms with Gasteiger partial charge in [-0.2, -0.15) is 0 Å². The smallest absolute Gasteiger partial charge is 0.306 e. The molecule has 0 saturated heterocycles. The van der Waals surface area contributed by atoms with Crippen LogP contribution in [0.4, 0.5) is 8.78 Å². The van der Waals surface area contributed by atoms with Gasteiger partial charge in [0.25, 0.3) is 0 Å². The van der Waals surface area contributed by atoms with Crippen molar-refractivity contribution < 1.29 is 18.3 Å². The quantitative estimate of drug-likeness (QED) is 0.328. The number of halogens is 2. The zero-order valence-corrected chi connectivity index (χ0v) is 19.3. The summed E-state index contributed by atoms with van der Waals surface area (Å²) >= 11 is 0. The summed E-state index contributed by atoms with van der Waals surface area (Å²) in [5, 5.41) is 0.991. The lowest BCUT2D eigenvalue weighted by molar-refractivity contribution is -0.155. The number of fused-ring (bicyclic) bond motifs is 1. The maximum atomic E-state index is 13.9. The normalized spacial score (nSPS) is 12.5. The van der Waals surface area contributed by atoms with E-state index >= 15 is 0 Å². The number of hydrogen-bond donors (Lipinski definition) is 0. The van der Waals surface area contributed by atoms with Gasteiger partial charge in [-0.1, -0.05) is 18.2 Å². The number of hydrogen-bond acceptors (Lipinski definition) is 5. The number of benzene rings is 2. The van der Waals surface area contributed by atoms with Crippen molar-refractivity contribution in [2.75, 3.05) is 0 Å². The van der Waals surface area contributed by atoms with Crippen molar-refractivity contribution in [3.8, 4) is 11.1 Å². The molecule has 7 heteroatoms. The molecule has 174 valence electrons. The number of carbonyl (C=O) groups is 1. The van der Waals surface area contributed by atoms with Gasteiger partial charge < -0.3 is 4.74 Å². The summed E-state index contributed by atoms with van der Waals surface area (Å²) in [6.07, 6.45) is 5.00. The Balaban J connectivity index is 1.76. The van der Waals surface area contributed by atoms with Crippen LogP contribution in [0.1, 0.15) is 44.4 Å². The minimum Gasteiger partial charge on any atom is -0.460 e. The van der Waals surface area contributed by atoms with E-state index in [1.165, 1.54) is 18.5 Å². The van der Waals surface area contributed by atoms with Gasteiger partial charge in [-0.3, -0.25) is 9.78 Å². The Labute approximate surface area is 196 Å². The molecule has 0 saturated carbocycles. The zero-order chi connectivity index (χ0) is 24.3. The molecule has 0 radical (unpaired) electrons. The van der Waals surface area contributed by atoms with E-state index in [0.29, 0.717) is 11.3 Å². The van der Waals surface area contributed by atoms with E-state index in [1.54, 1.807) is 33.2 Å². The summed E-state index contributed by atoms with van der Waals surface area (Å²) < 4.78 is 33.3. The van der Waals surface area contributed by atoms with Crippen LogP contribution in [0.2, 0.25) is 0 Å². The number of pyridine rings is 1. The highest BCUT2D eigenvalue weighted by molar-refractivity contribution is 5.84. The van der Waals surface area contributed by atoms with Gasteiger partial charge in [0.1, 0.15) is 23.6 Å². The summed E-state index contributed by atoms with van der Waals surface area (Å²) in [5.74, 6) is -2.25. The predicted octanol–water partition coefficient (Wildman–Crippen LogP) is 6.03. The number of carbonyl (C=O) groups excluding carboxylic acids is 1. The van der Waals surface area contributed by atoms with Crippen molar-refractivity contribution in [2.24, 2.45) is 0 Å². The van der Waals surface area contributed by atoms with Gasteiger partial charge in [-0.15, -0.1) is 0 Å². The first-order valence-corrected chi connectivity index (χ1v) is 11.0. The second-order valence-electron chi connectivity index (χ2n) is 9.20. The second kappa shape index (κ2) is 9.63. The molecule has 0 aliphatic carbocycles. The number of aromatic nitrogens is 3.